The van der Waals surface area contributed by atoms with Gasteiger partial charge in [0.05, 0.1) is 11.1 Å². The number of hydrogen-bond donors (Lipinski definition) is 3. The molecule has 0 aliphatic heterocycles. The van der Waals surface area contributed by atoms with Gasteiger partial charge in [0.15, 0.2) is 0 Å². The van der Waals surface area contributed by atoms with Gasteiger partial charge in [0.25, 0.3) is 5.56 Å². The summed E-state index contributed by atoms with van der Waals surface area (Å²) < 4.78 is 1.46. The van der Waals surface area contributed by atoms with E-state index in [0.29, 0.717) is 18.5 Å². The topological polar surface area (TPSA) is 84.0 Å². The van der Waals surface area contributed by atoms with Gasteiger partial charge < -0.3 is 10.8 Å². The summed E-state index contributed by atoms with van der Waals surface area (Å²) >= 11 is 0. The van der Waals surface area contributed by atoms with Gasteiger partial charge >= 0.3 is 0 Å². The number of aromatic amines is 1. The maximum atomic E-state index is 11.4. The van der Waals surface area contributed by atoms with Gasteiger partial charge in [-0.05, 0) is 33.7 Å². The normalized spacial score (nSPS) is 12.0. The van der Waals surface area contributed by atoms with Crippen LogP contribution in [0.1, 0.15) is 26.3 Å². The molecule has 0 atom stereocenters. The maximum Gasteiger partial charge on any atom is 0.271 e. The molecule has 0 spiro atoms. The standard InChI is InChI=1S/C9H17N3O2/c1-9(2,3)12-8(14)6(4-5-10)7(13)11-12/h14H,4-5,10H2,1-3H3,(H,11,13). The quantitative estimate of drug-likeness (QED) is 0.633. The van der Waals surface area contributed by atoms with E-state index >= 15 is 0 Å². The Balaban J connectivity index is 3.24. The van der Waals surface area contributed by atoms with Crippen LogP contribution in [0.4, 0.5) is 0 Å². The van der Waals surface area contributed by atoms with Gasteiger partial charge in [0, 0.05) is 0 Å². The van der Waals surface area contributed by atoms with Crippen molar-refractivity contribution in [2.75, 3.05) is 6.54 Å². The fourth-order valence-corrected chi connectivity index (χ4v) is 1.31. The van der Waals surface area contributed by atoms with Gasteiger partial charge in [-0.25, -0.2) is 4.68 Å². The lowest BCUT2D eigenvalue weighted by Gasteiger charge is -2.20. The van der Waals surface area contributed by atoms with Gasteiger partial charge in [-0.15, -0.1) is 0 Å². The molecule has 0 saturated heterocycles. The van der Waals surface area contributed by atoms with Crippen molar-refractivity contribution in [1.29, 1.82) is 0 Å². The van der Waals surface area contributed by atoms with Crippen LogP contribution in [0, 0.1) is 0 Å². The number of nitrogens with zero attached hydrogens (tertiary/aromatic N) is 1. The van der Waals surface area contributed by atoms with E-state index in [4.69, 9.17) is 5.73 Å². The monoisotopic (exact) mass is 199 g/mol. The minimum absolute atomic E-state index is 0.00653. The zero-order valence-electron chi connectivity index (χ0n) is 8.79. The molecule has 5 nitrogen and oxygen atoms in total. The third-order valence-electron chi connectivity index (χ3n) is 2.03. The molecule has 0 amide bonds. The first-order valence-corrected chi connectivity index (χ1v) is 4.61. The summed E-state index contributed by atoms with van der Waals surface area (Å²) in [5.41, 5.74) is 5.11. The van der Waals surface area contributed by atoms with E-state index in [1.807, 2.05) is 20.8 Å². The molecule has 1 heterocycles. The zero-order valence-corrected chi connectivity index (χ0v) is 8.79. The number of nitrogens with two attached hydrogens (primary N) is 1. The average Bonchev–Trinajstić information content (AvgIpc) is 2.31. The first-order chi connectivity index (χ1) is 6.38. The van der Waals surface area contributed by atoms with E-state index in [9.17, 15) is 9.90 Å². The fraction of sp³-hybridized carbons (Fsp3) is 0.667. The van der Waals surface area contributed by atoms with E-state index < -0.39 is 0 Å². The molecular formula is C9H17N3O2. The second kappa shape index (κ2) is 3.49. The summed E-state index contributed by atoms with van der Waals surface area (Å²) in [7, 11) is 0. The van der Waals surface area contributed by atoms with Crippen LogP contribution in [0.15, 0.2) is 4.79 Å². The van der Waals surface area contributed by atoms with Crippen molar-refractivity contribution in [3.8, 4) is 5.88 Å². The molecule has 80 valence electrons. The van der Waals surface area contributed by atoms with E-state index in [0.717, 1.165) is 0 Å². The van der Waals surface area contributed by atoms with Crippen molar-refractivity contribution in [2.45, 2.75) is 32.7 Å². The molecular weight excluding hydrogens is 182 g/mol. The molecule has 14 heavy (non-hydrogen) atoms. The Morgan fingerprint density at radius 3 is 2.43 bits per heavy atom. The first-order valence-electron chi connectivity index (χ1n) is 4.61. The molecule has 1 aromatic rings. The molecule has 0 radical (unpaired) electrons. The second-order valence-corrected chi connectivity index (χ2v) is 4.29. The number of aromatic hydroxyl groups is 1. The number of nitrogens with one attached hydrogen (secondary N) is 1. The first kappa shape index (κ1) is 10.8. The van der Waals surface area contributed by atoms with Gasteiger partial charge in [-0.1, -0.05) is 0 Å². The second-order valence-electron chi connectivity index (χ2n) is 4.29. The Hall–Kier alpha value is -1.23. The molecule has 1 aromatic heterocycles. The predicted molar refractivity (Wildman–Crippen MR) is 54.5 cm³/mol. The number of aromatic nitrogens is 2. The Morgan fingerprint density at radius 1 is 1.50 bits per heavy atom. The lowest BCUT2D eigenvalue weighted by atomic mass is 10.1. The van der Waals surface area contributed by atoms with Crippen LogP contribution in [0.25, 0.3) is 0 Å². The highest BCUT2D eigenvalue weighted by molar-refractivity contribution is 5.24. The van der Waals surface area contributed by atoms with Crippen molar-refractivity contribution >= 4 is 0 Å². The average molecular weight is 199 g/mol. The molecule has 0 aliphatic rings. The summed E-state index contributed by atoms with van der Waals surface area (Å²) in [6, 6.07) is 0. The summed E-state index contributed by atoms with van der Waals surface area (Å²) in [5.74, 6) is -0.00653. The van der Waals surface area contributed by atoms with Crippen molar-refractivity contribution in [3.63, 3.8) is 0 Å². The van der Waals surface area contributed by atoms with Gasteiger partial charge in [0.2, 0.25) is 5.88 Å². The Kier molecular flexibility index (Phi) is 2.71. The lowest BCUT2D eigenvalue weighted by molar-refractivity contribution is 0.292. The Bertz CT molecular complexity index is 370. The van der Waals surface area contributed by atoms with Crippen molar-refractivity contribution in [2.24, 2.45) is 5.73 Å². The van der Waals surface area contributed by atoms with Crippen molar-refractivity contribution < 1.29 is 5.11 Å². The van der Waals surface area contributed by atoms with E-state index in [2.05, 4.69) is 5.10 Å². The molecule has 5 heteroatoms. The van der Waals surface area contributed by atoms with E-state index in [1.54, 1.807) is 0 Å². The third-order valence-corrected chi connectivity index (χ3v) is 2.03. The molecule has 0 unspecified atom stereocenters. The van der Waals surface area contributed by atoms with Crippen LogP contribution in [-0.2, 0) is 12.0 Å². The van der Waals surface area contributed by atoms with Crippen LogP contribution >= 0.6 is 0 Å². The van der Waals surface area contributed by atoms with Crippen molar-refractivity contribution in [3.05, 3.63) is 15.9 Å². The summed E-state index contributed by atoms with van der Waals surface area (Å²) in [4.78, 5) is 11.4. The third kappa shape index (κ3) is 1.82. The maximum absolute atomic E-state index is 11.4. The highest BCUT2D eigenvalue weighted by Gasteiger charge is 2.21. The van der Waals surface area contributed by atoms with Gasteiger partial charge in [-0.2, -0.15) is 0 Å². The predicted octanol–water partition coefficient (Wildman–Crippen LogP) is 0.138. The van der Waals surface area contributed by atoms with Crippen LogP contribution in [0.3, 0.4) is 0 Å². The SMILES string of the molecule is CC(C)(C)n1[nH]c(=O)c(CCN)c1O. The fourth-order valence-electron chi connectivity index (χ4n) is 1.31. The largest absolute Gasteiger partial charge is 0.493 e. The zero-order chi connectivity index (χ0) is 10.9. The van der Waals surface area contributed by atoms with E-state index in [1.165, 1.54) is 4.68 Å². The molecule has 1 rings (SSSR count). The smallest absolute Gasteiger partial charge is 0.271 e. The Labute approximate surface area is 82.5 Å². The summed E-state index contributed by atoms with van der Waals surface area (Å²) in [5, 5.41) is 12.3. The highest BCUT2D eigenvalue weighted by atomic mass is 16.3. The molecule has 0 aliphatic carbocycles. The molecule has 0 fully saturated rings. The summed E-state index contributed by atoms with van der Waals surface area (Å²) in [6.45, 7) is 6.05. The molecule has 0 bridgehead atoms. The van der Waals surface area contributed by atoms with Crippen LogP contribution in [0.2, 0.25) is 0 Å². The highest BCUT2D eigenvalue weighted by Crippen LogP contribution is 2.21. The number of H-pyrrole nitrogens is 1. The minimum atomic E-state index is -0.337. The molecule has 0 aromatic carbocycles. The molecule has 0 saturated carbocycles. The van der Waals surface area contributed by atoms with Crippen LogP contribution in [-0.4, -0.2) is 21.4 Å². The van der Waals surface area contributed by atoms with E-state index in [-0.39, 0.29) is 17.0 Å². The van der Waals surface area contributed by atoms with Crippen molar-refractivity contribution in [1.82, 2.24) is 9.78 Å². The summed E-state index contributed by atoms with van der Waals surface area (Å²) in [6.07, 6.45) is 0.393. The van der Waals surface area contributed by atoms with Crippen LogP contribution in [0.5, 0.6) is 5.88 Å². The number of hydrogen-bond acceptors (Lipinski definition) is 3. The van der Waals surface area contributed by atoms with Gasteiger partial charge in [-0.3, -0.25) is 9.89 Å². The minimum Gasteiger partial charge on any atom is -0.493 e. The number of rotatable bonds is 2. The van der Waals surface area contributed by atoms with Gasteiger partial charge in [0.1, 0.15) is 0 Å². The molecule has 4 N–H and O–H groups in total. The Morgan fingerprint density at radius 2 is 2.07 bits per heavy atom. The van der Waals surface area contributed by atoms with Crippen LogP contribution < -0.4 is 11.3 Å². The lowest BCUT2D eigenvalue weighted by Crippen LogP contribution is -2.24.